The lowest BCUT2D eigenvalue weighted by Crippen LogP contribution is -2.40. The minimum Gasteiger partial charge on any atom is -0.492 e. The molecule has 168 valence electrons. The van der Waals surface area contributed by atoms with Crippen LogP contribution in [0.15, 0.2) is 53.4 Å². The second kappa shape index (κ2) is 9.67. The summed E-state index contributed by atoms with van der Waals surface area (Å²) in [5.41, 5.74) is -0.498. The highest BCUT2D eigenvalue weighted by Gasteiger charge is 2.30. The molecule has 0 unspecified atom stereocenters. The quantitative estimate of drug-likeness (QED) is 0.645. The van der Waals surface area contributed by atoms with Crippen molar-refractivity contribution in [1.82, 2.24) is 9.62 Å². The number of carbonyl (C=O) groups is 1. The van der Waals surface area contributed by atoms with Gasteiger partial charge in [-0.3, -0.25) is 4.79 Å². The maximum Gasteiger partial charge on any atom is 0.416 e. The predicted octanol–water partition coefficient (Wildman–Crippen LogP) is 2.54. The summed E-state index contributed by atoms with van der Waals surface area (Å²) in [6.07, 6.45) is -4.41. The normalized spacial score (nSPS) is 15.5. The summed E-state index contributed by atoms with van der Waals surface area (Å²) in [5, 5.41) is 2.61. The van der Waals surface area contributed by atoms with Crippen LogP contribution in [0.5, 0.6) is 5.75 Å². The van der Waals surface area contributed by atoms with Gasteiger partial charge in [-0.05, 0) is 48.5 Å². The van der Waals surface area contributed by atoms with Crippen LogP contribution in [-0.4, -0.2) is 58.1 Å². The van der Waals surface area contributed by atoms with E-state index in [2.05, 4.69) is 5.32 Å². The maximum atomic E-state index is 12.6. The van der Waals surface area contributed by atoms with E-state index in [9.17, 15) is 26.4 Å². The van der Waals surface area contributed by atoms with Crippen molar-refractivity contribution in [2.45, 2.75) is 11.1 Å². The van der Waals surface area contributed by atoms with Gasteiger partial charge in [-0.1, -0.05) is 0 Å². The lowest BCUT2D eigenvalue weighted by Gasteiger charge is -2.26. The smallest absolute Gasteiger partial charge is 0.416 e. The zero-order valence-corrected chi connectivity index (χ0v) is 17.2. The minimum absolute atomic E-state index is 0.0561. The monoisotopic (exact) mass is 458 g/mol. The van der Waals surface area contributed by atoms with E-state index in [0.717, 1.165) is 12.1 Å². The molecule has 1 saturated heterocycles. The molecule has 31 heavy (non-hydrogen) atoms. The van der Waals surface area contributed by atoms with Gasteiger partial charge >= 0.3 is 6.18 Å². The van der Waals surface area contributed by atoms with E-state index in [1.54, 1.807) is 0 Å². The van der Waals surface area contributed by atoms with Gasteiger partial charge in [-0.2, -0.15) is 17.5 Å². The molecular formula is C20H21F3N2O5S. The molecule has 2 aromatic carbocycles. The number of carbonyl (C=O) groups excluding carboxylic acids is 1. The van der Waals surface area contributed by atoms with E-state index in [4.69, 9.17) is 9.47 Å². The Balaban J connectivity index is 1.48. The second-order valence-corrected chi connectivity index (χ2v) is 8.61. The van der Waals surface area contributed by atoms with Crippen LogP contribution in [0.3, 0.4) is 0 Å². The molecule has 1 fully saturated rings. The summed E-state index contributed by atoms with van der Waals surface area (Å²) in [7, 11) is -3.64. The Kier molecular flexibility index (Phi) is 7.19. The van der Waals surface area contributed by atoms with Crippen molar-refractivity contribution in [1.29, 1.82) is 0 Å². The summed E-state index contributed by atoms with van der Waals surface area (Å²) >= 11 is 0. The van der Waals surface area contributed by atoms with Crippen molar-refractivity contribution in [3.05, 3.63) is 59.7 Å². The highest BCUT2D eigenvalue weighted by Crippen LogP contribution is 2.30. The fourth-order valence-electron chi connectivity index (χ4n) is 2.89. The van der Waals surface area contributed by atoms with Crippen LogP contribution >= 0.6 is 0 Å². The van der Waals surface area contributed by atoms with Gasteiger partial charge in [0, 0.05) is 18.7 Å². The molecule has 3 rings (SSSR count). The highest BCUT2D eigenvalue weighted by atomic mass is 32.2. The zero-order valence-electron chi connectivity index (χ0n) is 16.4. The Hall–Kier alpha value is -2.63. The summed E-state index contributed by atoms with van der Waals surface area (Å²) in [6.45, 7) is 1.42. The highest BCUT2D eigenvalue weighted by molar-refractivity contribution is 7.89. The van der Waals surface area contributed by atoms with E-state index >= 15 is 0 Å². The molecule has 1 N–H and O–H groups in total. The molecule has 1 heterocycles. The van der Waals surface area contributed by atoms with Gasteiger partial charge in [-0.25, -0.2) is 8.42 Å². The Labute approximate surface area is 177 Å². The summed E-state index contributed by atoms with van der Waals surface area (Å²) in [5.74, 6) is -0.175. The number of nitrogens with zero attached hydrogens (tertiary/aromatic N) is 1. The molecule has 2 aromatic rings. The van der Waals surface area contributed by atoms with Crippen molar-refractivity contribution in [2.24, 2.45) is 0 Å². The number of hydrogen-bond donors (Lipinski definition) is 1. The Morgan fingerprint density at radius 2 is 1.65 bits per heavy atom. The standard InChI is InChI=1S/C20H21F3N2O5S/c21-20(22,23)16-3-5-17(6-4-16)30-12-9-24-19(26)15-1-7-18(8-2-15)31(27,28)25-10-13-29-14-11-25/h1-8H,9-14H2,(H,24,26). The Morgan fingerprint density at radius 3 is 2.23 bits per heavy atom. The van der Waals surface area contributed by atoms with Gasteiger partial charge in [0.2, 0.25) is 10.0 Å². The number of ether oxygens (including phenoxy) is 2. The molecule has 0 saturated carbocycles. The summed E-state index contributed by atoms with van der Waals surface area (Å²) in [4.78, 5) is 12.3. The van der Waals surface area contributed by atoms with Crippen molar-refractivity contribution in [3.63, 3.8) is 0 Å². The fraction of sp³-hybridized carbons (Fsp3) is 0.350. The Bertz CT molecular complexity index is 987. The lowest BCUT2D eigenvalue weighted by molar-refractivity contribution is -0.137. The number of amides is 1. The van der Waals surface area contributed by atoms with Crippen LogP contribution in [0.1, 0.15) is 15.9 Å². The van der Waals surface area contributed by atoms with E-state index in [-0.39, 0.29) is 42.4 Å². The van der Waals surface area contributed by atoms with Gasteiger partial charge in [0.25, 0.3) is 5.91 Å². The van der Waals surface area contributed by atoms with Gasteiger partial charge in [-0.15, -0.1) is 0 Å². The SMILES string of the molecule is O=C(NCCOc1ccc(C(F)(F)F)cc1)c1ccc(S(=O)(=O)N2CCOCC2)cc1. The van der Waals surface area contributed by atoms with Gasteiger partial charge in [0.1, 0.15) is 12.4 Å². The van der Waals surface area contributed by atoms with E-state index < -0.39 is 27.7 Å². The summed E-state index contributed by atoms with van der Waals surface area (Å²) in [6, 6.07) is 9.83. The number of sulfonamides is 1. The van der Waals surface area contributed by atoms with Crippen molar-refractivity contribution in [3.8, 4) is 5.75 Å². The molecule has 0 aliphatic carbocycles. The van der Waals surface area contributed by atoms with Crippen LogP contribution in [0, 0.1) is 0 Å². The maximum absolute atomic E-state index is 12.6. The topological polar surface area (TPSA) is 84.9 Å². The molecule has 1 amide bonds. The molecule has 0 atom stereocenters. The zero-order chi connectivity index (χ0) is 22.5. The van der Waals surface area contributed by atoms with Crippen LogP contribution < -0.4 is 10.1 Å². The third-order valence-electron chi connectivity index (χ3n) is 4.56. The number of nitrogens with one attached hydrogen (secondary N) is 1. The van der Waals surface area contributed by atoms with Crippen LogP contribution in [-0.2, 0) is 20.9 Å². The fourth-order valence-corrected chi connectivity index (χ4v) is 4.30. The third kappa shape index (κ3) is 5.96. The van der Waals surface area contributed by atoms with Crippen molar-refractivity contribution < 1.29 is 35.9 Å². The third-order valence-corrected chi connectivity index (χ3v) is 6.48. The minimum atomic E-state index is -4.41. The molecule has 11 heteroatoms. The lowest BCUT2D eigenvalue weighted by atomic mass is 10.2. The number of morpholine rings is 1. The van der Waals surface area contributed by atoms with Crippen LogP contribution in [0.25, 0.3) is 0 Å². The molecule has 0 aromatic heterocycles. The largest absolute Gasteiger partial charge is 0.492 e. The molecule has 0 spiro atoms. The van der Waals surface area contributed by atoms with E-state index in [0.29, 0.717) is 13.2 Å². The first kappa shape index (κ1) is 23.0. The van der Waals surface area contributed by atoms with Crippen molar-refractivity contribution in [2.75, 3.05) is 39.5 Å². The van der Waals surface area contributed by atoms with E-state index in [1.165, 1.54) is 40.7 Å². The van der Waals surface area contributed by atoms with Gasteiger partial charge in [0.15, 0.2) is 0 Å². The van der Waals surface area contributed by atoms with Gasteiger partial charge < -0.3 is 14.8 Å². The first-order valence-corrected chi connectivity index (χ1v) is 10.9. The predicted molar refractivity (Wildman–Crippen MR) is 105 cm³/mol. The number of rotatable bonds is 7. The first-order chi connectivity index (χ1) is 14.7. The van der Waals surface area contributed by atoms with Gasteiger partial charge in [0.05, 0.1) is 30.2 Å². The van der Waals surface area contributed by atoms with E-state index in [1.807, 2.05) is 0 Å². The molecule has 0 radical (unpaired) electrons. The van der Waals surface area contributed by atoms with Crippen LogP contribution in [0.2, 0.25) is 0 Å². The average Bonchev–Trinajstić information content (AvgIpc) is 2.77. The number of benzene rings is 2. The number of alkyl halides is 3. The molecule has 7 nitrogen and oxygen atoms in total. The summed E-state index contributed by atoms with van der Waals surface area (Å²) < 4.78 is 74.6. The second-order valence-electron chi connectivity index (χ2n) is 6.67. The Morgan fingerprint density at radius 1 is 1.03 bits per heavy atom. The average molecular weight is 458 g/mol. The van der Waals surface area contributed by atoms with Crippen LogP contribution in [0.4, 0.5) is 13.2 Å². The molecule has 0 bridgehead atoms. The van der Waals surface area contributed by atoms with Crippen molar-refractivity contribution >= 4 is 15.9 Å². The molecule has 1 aliphatic heterocycles. The number of halogens is 3. The molecule has 1 aliphatic rings. The molecular weight excluding hydrogens is 437 g/mol. The first-order valence-electron chi connectivity index (χ1n) is 9.44. The number of hydrogen-bond acceptors (Lipinski definition) is 5.